The number of anilines is 1. The number of amides is 1. The van der Waals surface area contributed by atoms with Crippen LogP contribution in [0.25, 0.3) is 0 Å². The lowest BCUT2D eigenvalue weighted by Crippen LogP contribution is -2.34. The van der Waals surface area contributed by atoms with E-state index in [1.807, 2.05) is 0 Å². The fourth-order valence-electron chi connectivity index (χ4n) is 2.56. The molecule has 1 saturated heterocycles. The molecule has 0 saturated carbocycles. The number of ether oxygens (including phenoxy) is 1. The predicted molar refractivity (Wildman–Crippen MR) is 76.4 cm³/mol. The molecular formula is C15H20F2N2O2. The van der Waals surface area contributed by atoms with E-state index in [1.165, 1.54) is 11.9 Å². The van der Waals surface area contributed by atoms with Gasteiger partial charge < -0.3 is 15.0 Å². The van der Waals surface area contributed by atoms with Gasteiger partial charge in [-0.05, 0) is 30.9 Å². The van der Waals surface area contributed by atoms with Crippen molar-refractivity contribution in [2.24, 2.45) is 5.92 Å². The molecule has 21 heavy (non-hydrogen) atoms. The summed E-state index contributed by atoms with van der Waals surface area (Å²) in [5.41, 5.74) is -0.197. The van der Waals surface area contributed by atoms with Gasteiger partial charge in [0.15, 0.2) is 0 Å². The highest BCUT2D eigenvalue weighted by Crippen LogP contribution is 2.22. The van der Waals surface area contributed by atoms with E-state index >= 15 is 0 Å². The standard InChI is InChI=1S/C15H20F2N2O2/c1-18-14-12(16)7-11(8-13(14)17)15(20)19(2)9-10-3-5-21-6-4-10/h7-8,10,18H,3-6,9H2,1-2H3. The van der Waals surface area contributed by atoms with Crippen LogP contribution in [0.15, 0.2) is 12.1 Å². The van der Waals surface area contributed by atoms with Gasteiger partial charge in [-0.25, -0.2) is 8.78 Å². The first-order chi connectivity index (χ1) is 10.0. The van der Waals surface area contributed by atoms with Crippen molar-refractivity contribution in [1.29, 1.82) is 0 Å². The van der Waals surface area contributed by atoms with Crippen LogP contribution in [0.5, 0.6) is 0 Å². The minimum Gasteiger partial charge on any atom is -0.383 e. The van der Waals surface area contributed by atoms with E-state index in [-0.39, 0.29) is 17.2 Å². The van der Waals surface area contributed by atoms with Gasteiger partial charge in [-0.15, -0.1) is 0 Å². The Bertz CT molecular complexity index is 493. The van der Waals surface area contributed by atoms with Crippen LogP contribution in [0.2, 0.25) is 0 Å². The van der Waals surface area contributed by atoms with Crippen molar-refractivity contribution < 1.29 is 18.3 Å². The number of benzene rings is 1. The monoisotopic (exact) mass is 298 g/mol. The summed E-state index contributed by atoms with van der Waals surface area (Å²) in [6.07, 6.45) is 1.80. The second kappa shape index (κ2) is 6.85. The quantitative estimate of drug-likeness (QED) is 0.928. The summed E-state index contributed by atoms with van der Waals surface area (Å²) in [4.78, 5) is 13.8. The number of nitrogens with one attached hydrogen (secondary N) is 1. The maximum absolute atomic E-state index is 13.7. The molecule has 1 aliphatic rings. The maximum Gasteiger partial charge on any atom is 0.253 e. The Morgan fingerprint density at radius 2 is 1.90 bits per heavy atom. The van der Waals surface area contributed by atoms with Gasteiger partial charge in [-0.3, -0.25) is 4.79 Å². The molecule has 1 amide bonds. The van der Waals surface area contributed by atoms with E-state index in [4.69, 9.17) is 4.74 Å². The second-order valence-electron chi connectivity index (χ2n) is 5.31. The molecule has 1 aromatic rings. The fraction of sp³-hybridized carbons (Fsp3) is 0.533. The summed E-state index contributed by atoms with van der Waals surface area (Å²) in [5.74, 6) is -1.53. The van der Waals surface area contributed by atoms with Crippen molar-refractivity contribution in [2.75, 3.05) is 39.2 Å². The van der Waals surface area contributed by atoms with E-state index in [0.717, 1.165) is 25.0 Å². The van der Waals surface area contributed by atoms with Crippen LogP contribution in [0, 0.1) is 17.6 Å². The van der Waals surface area contributed by atoms with Crippen molar-refractivity contribution in [2.45, 2.75) is 12.8 Å². The molecule has 1 fully saturated rings. The molecule has 0 aromatic heterocycles. The van der Waals surface area contributed by atoms with Crippen LogP contribution >= 0.6 is 0 Å². The third-order valence-electron chi connectivity index (χ3n) is 3.76. The Balaban J connectivity index is 2.08. The Morgan fingerprint density at radius 3 is 2.43 bits per heavy atom. The lowest BCUT2D eigenvalue weighted by Gasteiger charge is -2.27. The second-order valence-corrected chi connectivity index (χ2v) is 5.31. The molecule has 6 heteroatoms. The van der Waals surface area contributed by atoms with Crippen molar-refractivity contribution in [1.82, 2.24) is 4.90 Å². The van der Waals surface area contributed by atoms with Gasteiger partial charge >= 0.3 is 0 Å². The summed E-state index contributed by atoms with van der Waals surface area (Å²) in [6.45, 7) is 1.97. The zero-order valence-corrected chi connectivity index (χ0v) is 12.3. The van der Waals surface area contributed by atoms with Crippen LogP contribution in [0.3, 0.4) is 0 Å². The van der Waals surface area contributed by atoms with E-state index in [0.29, 0.717) is 25.7 Å². The van der Waals surface area contributed by atoms with Crippen LogP contribution in [-0.2, 0) is 4.74 Å². The first-order valence-electron chi connectivity index (χ1n) is 7.03. The number of carbonyl (C=O) groups excluding carboxylic acids is 1. The van der Waals surface area contributed by atoms with E-state index < -0.39 is 11.6 Å². The van der Waals surface area contributed by atoms with Crippen molar-refractivity contribution >= 4 is 11.6 Å². The molecule has 1 heterocycles. The Labute approximate surface area is 123 Å². The van der Waals surface area contributed by atoms with E-state index in [2.05, 4.69) is 5.32 Å². The van der Waals surface area contributed by atoms with Crippen LogP contribution < -0.4 is 5.32 Å². The Hall–Kier alpha value is -1.69. The summed E-state index contributed by atoms with van der Waals surface area (Å²) >= 11 is 0. The average Bonchev–Trinajstić information content (AvgIpc) is 2.47. The molecule has 2 rings (SSSR count). The number of rotatable bonds is 4. The fourth-order valence-corrected chi connectivity index (χ4v) is 2.56. The molecule has 0 radical (unpaired) electrons. The molecule has 1 aliphatic heterocycles. The van der Waals surface area contributed by atoms with Crippen molar-refractivity contribution in [3.63, 3.8) is 0 Å². The maximum atomic E-state index is 13.7. The number of halogens is 2. The molecule has 0 atom stereocenters. The number of carbonyl (C=O) groups is 1. The largest absolute Gasteiger partial charge is 0.383 e. The normalized spacial score (nSPS) is 15.8. The zero-order valence-electron chi connectivity index (χ0n) is 12.3. The number of hydrogen-bond acceptors (Lipinski definition) is 3. The Kier molecular flexibility index (Phi) is 5.12. The van der Waals surface area contributed by atoms with Crippen molar-refractivity contribution in [3.05, 3.63) is 29.3 Å². The van der Waals surface area contributed by atoms with Gasteiger partial charge in [0.05, 0.1) is 0 Å². The van der Waals surface area contributed by atoms with Crippen LogP contribution in [0.1, 0.15) is 23.2 Å². The molecule has 116 valence electrons. The highest BCUT2D eigenvalue weighted by atomic mass is 19.1. The van der Waals surface area contributed by atoms with E-state index in [1.54, 1.807) is 7.05 Å². The summed E-state index contributed by atoms with van der Waals surface area (Å²) in [6, 6.07) is 2.13. The Morgan fingerprint density at radius 1 is 1.33 bits per heavy atom. The number of nitrogens with zero attached hydrogens (tertiary/aromatic N) is 1. The average molecular weight is 298 g/mol. The lowest BCUT2D eigenvalue weighted by molar-refractivity contribution is 0.0497. The number of hydrogen-bond donors (Lipinski definition) is 1. The van der Waals surface area contributed by atoms with Gasteiger partial charge in [-0.2, -0.15) is 0 Å². The molecule has 0 aliphatic carbocycles. The first kappa shape index (κ1) is 15.7. The molecular weight excluding hydrogens is 278 g/mol. The molecule has 1 aromatic carbocycles. The molecule has 4 nitrogen and oxygen atoms in total. The van der Waals surface area contributed by atoms with Crippen LogP contribution in [0.4, 0.5) is 14.5 Å². The third kappa shape index (κ3) is 3.69. The molecule has 0 unspecified atom stereocenters. The van der Waals surface area contributed by atoms with Crippen molar-refractivity contribution in [3.8, 4) is 0 Å². The van der Waals surface area contributed by atoms with Gasteiger partial charge in [0.1, 0.15) is 17.3 Å². The predicted octanol–water partition coefficient (Wildman–Crippen LogP) is 2.51. The van der Waals surface area contributed by atoms with Gasteiger partial charge in [0.25, 0.3) is 5.91 Å². The summed E-state index contributed by atoms with van der Waals surface area (Å²) < 4.78 is 32.7. The molecule has 0 spiro atoms. The molecule has 0 bridgehead atoms. The van der Waals surface area contributed by atoms with Gasteiger partial charge in [0, 0.05) is 39.4 Å². The zero-order chi connectivity index (χ0) is 15.4. The lowest BCUT2D eigenvalue weighted by atomic mass is 9.99. The first-order valence-corrected chi connectivity index (χ1v) is 7.03. The smallest absolute Gasteiger partial charge is 0.253 e. The van der Waals surface area contributed by atoms with Crippen LogP contribution in [-0.4, -0.2) is 44.7 Å². The van der Waals surface area contributed by atoms with Gasteiger partial charge in [0.2, 0.25) is 0 Å². The minimum atomic E-state index is -0.764. The summed E-state index contributed by atoms with van der Waals surface area (Å²) in [7, 11) is 3.08. The minimum absolute atomic E-state index is 0.0264. The molecule has 1 N–H and O–H groups in total. The highest BCUT2D eigenvalue weighted by Gasteiger charge is 2.21. The van der Waals surface area contributed by atoms with Gasteiger partial charge in [-0.1, -0.05) is 0 Å². The topological polar surface area (TPSA) is 41.6 Å². The third-order valence-corrected chi connectivity index (χ3v) is 3.76. The van der Waals surface area contributed by atoms with E-state index in [9.17, 15) is 13.6 Å². The SMILES string of the molecule is CNc1c(F)cc(C(=O)N(C)CC2CCOCC2)cc1F. The summed E-state index contributed by atoms with van der Waals surface area (Å²) in [5, 5.41) is 2.44. The highest BCUT2D eigenvalue weighted by molar-refractivity contribution is 5.94.